The summed E-state index contributed by atoms with van der Waals surface area (Å²) in [5, 5.41) is 3.71. The van der Waals surface area contributed by atoms with E-state index in [1.54, 1.807) is 0 Å². The molecule has 1 unspecified atom stereocenters. The van der Waals surface area contributed by atoms with Crippen LogP contribution in [-0.2, 0) is 0 Å². The second-order valence-corrected chi connectivity index (χ2v) is 6.49. The lowest BCUT2D eigenvalue weighted by atomic mass is 10.0. The summed E-state index contributed by atoms with van der Waals surface area (Å²) in [6.07, 6.45) is 1.20. The first-order chi connectivity index (χ1) is 8.35. The van der Waals surface area contributed by atoms with Gasteiger partial charge >= 0.3 is 0 Å². The Morgan fingerprint density at radius 1 is 1.17 bits per heavy atom. The molecule has 1 aliphatic heterocycles. The molecule has 0 bridgehead atoms. The molecule has 1 saturated heterocycles. The molecule has 1 aromatic carbocycles. The molecule has 2 nitrogen and oxygen atoms in total. The molecule has 2 heteroatoms. The summed E-state index contributed by atoms with van der Waals surface area (Å²) >= 11 is 0. The van der Waals surface area contributed by atoms with Crippen molar-refractivity contribution in [3.8, 4) is 0 Å². The summed E-state index contributed by atoms with van der Waals surface area (Å²) in [5.74, 6) is 0. The molecular weight excluding hydrogens is 220 g/mol. The number of nitrogens with zero attached hydrogens (tertiary/aromatic N) is 1. The van der Waals surface area contributed by atoms with Gasteiger partial charge in [-0.15, -0.1) is 0 Å². The van der Waals surface area contributed by atoms with Crippen molar-refractivity contribution in [1.29, 1.82) is 0 Å². The number of anilines is 1. The average molecular weight is 246 g/mol. The van der Waals surface area contributed by atoms with Crippen LogP contribution in [0.4, 0.5) is 5.69 Å². The first-order valence-corrected chi connectivity index (χ1v) is 6.97. The van der Waals surface area contributed by atoms with Gasteiger partial charge in [0.05, 0.1) is 0 Å². The molecule has 1 aliphatic rings. The third-order valence-electron chi connectivity index (χ3n) is 3.63. The minimum atomic E-state index is 0.174. The maximum absolute atomic E-state index is 3.71. The van der Waals surface area contributed by atoms with Crippen molar-refractivity contribution in [2.75, 3.05) is 18.0 Å². The molecular formula is C16H26N2. The second-order valence-electron chi connectivity index (χ2n) is 6.49. The molecule has 1 atom stereocenters. The zero-order chi connectivity index (χ0) is 13.3. The van der Waals surface area contributed by atoms with E-state index >= 15 is 0 Å². The number of aryl methyl sites for hydroxylation is 2. The Kier molecular flexibility index (Phi) is 3.67. The molecule has 1 heterocycles. The number of benzene rings is 1. The van der Waals surface area contributed by atoms with Crippen LogP contribution in [0.1, 0.15) is 38.3 Å². The third-order valence-corrected chi connectivity index (χ3v) is 3.63. The van der Waals surface area contributed by atoms with Crippen molar-refractivity contribution in [2.24, 2.45) is 0 Å². The SMILES string of the molecule is Cc1cc(C)cc(N2CCC(C)NC(C)(C)C2)c1. The molecule has 18 heavy (non-hydrogen) atoms. The van der Waals surface area contributed by atoms with Crippen LogP contribution >= 0.6 is 0 Å². The third kappa shape index (κ3) is 3.26. The van der Waals surface area contributed by atoms with Crippen LogP contribution in [0, 0.1) is 13.8 Å². The zero-order valence-corrected chi connectivity index (χ0v) is 12.4. The van der Waals surface area contributed by atoms with Crippen molar-refractivity contribution in [1.82, 2.24) is 5.32 Å². The monoisotopic (exact) mass is 246 g/mol. The van der Waals surface area contributed by atoms with E-state index in [1.807, 2.05) is 0 Å². The molecule has 1 fully saturated rings. The van der Waals surface area contributed by atoms with E-state index in [1.165, 1.54) is 23.2 Å². The first-order valence-electron chi connectivity index (χ1n) is 6.97. The Balaban J connectivity index is 2.26. The molecule has 1 aromatic rings. The number of nitrogens with one attached hydrogen (secondary N) is 1. The van der Waals surface area contributed by atoms with Crippen LogP contribution in [0.3, 0.4) is 0 Å². The van der Waals surface area contributed by atoms with Crippen molar-refractivity contribution in [3.63, 3.8) is 0 Å². The lowest BCUT2D eigenvalue weighted by Crippen LogP contribution is -2.48. The summed E-state index contributed by atoms with van der Waals surface area (Å²) in [5.41, 5.74) is 4.26. The second kappa shape index (κ2) is 4.93. The Morgan fingerprint density at radius 2 is 1.78 bits per heavy atom. The summed E-state index contributed by atoms with van der Waals surface area (Å²) < 4.78 is 0. The lowest BCUT2D eigenvalue weighted by Gasteiger charge is -2.32. The van der Waals surface area contributed by atoms with E-state index in [2.05, 4.69) is 63.0 Å². The molecule has 0 aromatic heterocycles. The van der Waals surface area contributed by atoms with Crippen molar-refractivity contribution < 1.29 is 0 Å². The fraction of sp³-hybridized carbons (Fsp3) is 0.625. The Labute approximate surface area is 111 Å². The Bertz CT molecular complexity index is 403. The van der Waals surface area contributed by atoms with Gasteiger partial charge in [-0.25, -0.2) is 0 Å². The van der Waals surface area contributed by atoms with Gasteiger partial charge in [0.15, 0.2) is 0 Å². The number of hydrogen-bond donors (Lipinski definition) is 1. The van der Waals surface area contributed by atoms with Gasteiger partial charge in [0, 0.05) is 30.4 Å². The highest BCUT2D eigenvalue weighted by Gasteiger charge is 2.27. The van der Waals surface area contributed by atoms with Crippen molar-refractivity contribution in [2.45, 2.75) is 52.6 Å². The maximum Gasteiger partial charge on any atom is 0.0372 e. The summed E-state index contributed by atoms with van der Waals surface area (Å²) in [6.45, 7) is 13.4. The van der Waals surface area contributed by atoms with Gasteiger partial charge in [-0.1, -0.05) is 6.07 Å². The van der Waals surface area contributed by atoms with E-state index < -0.39 is 0 Å². The van der Waals surface area contributed by atoms with E-state index in [-0.39, 0.29) is 5.54 Å². The maximum atomic E-state index is 3.71. The molecule has 2 rings (SSSR count). The Morgan fingerprint density at radius 3 is 2.39 bits per heavy atom. The molecule has 0 radical (unpaired) electrons. The highest BCUT2D eigenvalue weighted by atomic mass is 15.2. The van der Waals surface area contributed by atoms with Gasteiger partial charge in [-0.3, -0.25) is 0 Å². The van der Waals surface area contributed by atoms with Crippen LogP contribution in [0.15, 0.2) is 18.2 Å². The molecule has 1 N–H and O–H groups in total. The standard InChI is InChI=1S/C16H26N2/c1-12-8-13(2)10-15(9-12)18-7-6-14(3)17-16(4,5)11-18/h8-10,14,17H,6-7,11H2,1-5H3. The minimum Gasteiger partial charge on any atom is -0.370 e. The molecule has 0 saturated carbocycles. The molecule has 0 aliphatic carbocycles. The van der Waals surface area contributed by atoms with Crippen LogP contribution in [-0.4, -0.2) is 24.7 Å². The van der Waals surface area contributed by atoms with Gasteiger partial charge in [-0.2, -0.15) is 0 Å². The fourth-order valence-electron chi connectivity index (χ4n) is 3.04. The summed E-state index contributed by atoms with van der Waals surface area (Å²) in [4.78, 5) is 2.52. The van der Waals surface area contributed by atoms with Crippen molar-refractivity contribution in [3.05, 3.63) is 29.3 Å². The van der Waals surface area contributed by atoms with Crippen LogP contribution in [0.5, 0.6) is 0 Å². The van der Waals surface area contributed by atoms with E-state index in [0.29, 0.717) is 6.04 Å². The van der Waals surface area contributed by atoms with Crippen molar-refractivity contribution >= 4 is 5.69 Å². The van der Waals surface area contributed by atoms with E-state index in [0.717, 1.165) is 13.1 Å². The normalized spacial score (nSPS) is 23.8. The van der Waals surface area contributed by atoms with Crippen LogP contribution in [0.2, 0.25) is 0 Å². The van der Waals surface area contributed by atoms with Gasteiger partial charge < -0.3 is 10.2 Å². The van der Waals surface area contributed by atoms with Gasteiger partial charge in [-0.05, 0) is 64.3 Å². The van der Waals surface area contributed by atoms with Crippen LogP contribution in [0.25, 0.3) is 0 Å². The predicted octanol–water partition coefficient (Wildman–Crippen LogP) is 3.27. The predicted molar refractivity (Wildman–Crippen MR) is 79.4 cm³/mol. The average Bonchev–Trinajstić information content (AvgIpc) is 2.34. The van der Waals surface area contributed by atoms with E-state index in [4.69, 9.17) is 0 Å². The molecule has 0 spiro atoms. The molecule has 100 valence electrons. The summed E-state index contributed by atoms with van der Waals surface area (Å²) in [7, 11) is 0. The fourth-order valence-corrected chi connectivity index (χ4v) is 3.04. The number of rotatable bonds is 1. The summed E-state index contributed by atoms with van der Waals surface area (Å²) in [6, 6.07) is 7.45. The van der Waals surface area contributed by atoms with Gasteiger partial charge in [0.1, 0.15) is 0 Å². The minimum absolute atomic E-state index is 0.174. The van der Waals surface area contributed by atoms with Gasteiger partial charge in [0.25, 0.3) is 0 Å². The quantitative estimate of drug-likeness (QED) is 0.818. The lowest BCUT2D eigenvalue weighted by molar-refractivity contribution is 0.368. The number of hydrogen-bond acceptors (Lipinski definition) is 2. The van der Waals surface area contributed by atoms with Gasteiger partial charge in [0.2, 0.25) is 0 Å². The largest absolute Gasteiger partial charge is 0.370 e. The zero-order valence-electron chi connectivity index (χ0n) is 12.4. The Hall–Kier alpha value is -1.02. The smallest absolute Gasteiger partial charge is 0.0372 e. The highest BCUT2D eigenvalue weighted by Crippen LogP contribution is 2.23. The molecule has 0 amide bonds. The highest BCUT2D eigenvalue weighted by molar-refractivity contribution is 5.51. The first kappa shape index (κ1) is 13.4. The van der Waals surface area contributed by atoms with E-state index in [9.17, 15) is 0 Å². The topological polar surface area (TPSA) is 15.3 Å². The van der Waals surface area contributed by atoms with Crippen LogP contribution < -0.4 is 10.2 Å².